The molecule has 3 atom stereocenters. The molecule has 0 aliphatic heterocycles. The highest BCUT2D eigenvalue weighted by atomic mass is 16.2. The van der Waals surface area contributed by atoms with Crippen LogP contribution in [0.25, 0.3) is 0 Å². The second-order valence-electron chi connectivity index (χ2n) is 6.71. The largest absolute Gasteiger partial charge is 0.342 e. The number of aryl methyl sites for hydroxylation is 1. The van der Waals surface area contributed by atoms with Gasteiger partial charge in [-0.15, -0.1) is 0 Å². The van der Waals surface area contributed by atoms with E-state index in [0.29, 0.717) is 0 Å². The van der Waals surface area contributed by atoms with Crippen LogP contribution in [-0.2, 0) is 11.2 Å². The number of carbonyl (C=O) groups excluding carboxylic acids is 1. The van der Waals surface area contributed by atoms with Crippen molar-refractivity contribution < 1.29 is 4.79 Å². The Morgan fingerprint density at radius 2 is 1.62 bits per heavy atom. The van der Waals surface area contributed by atoms with Gasteiger partial charge in [-0.25, -0.2) is 0 Å². The number of nitrogens with two attached hydrogens (primary N) is 1. The molecule has 0 bridgehead atoms. The van der Waals surface area contributed by atoms with E-state index in [1.165, 1.54) is 11.1 Å². The molecule has 0 radical (unpaired) electrons. The minimum absolute atomic E-state index is 0.0889. The summed E-state index contributed by atoms with van der Waals surface area (Å²) >= 11 is 0. The molecule has 0 saturated heterocycles. The molecule has 2 N–H and O–H groups in total. The first kappa shape index (κ1) is 18.2. The van der Waals surface area contributed by atoms with Crippen molar-refractivity contribution in [2.45, 2.75) is 39.3 Å². The molecule has 1 amide bonds. The van der Waals surface area contributed by atoms with E-state index in [1.807, 2.05) is 49.2 Å². The van der Waals surface area contributed by atoms with E-state index in [1.54, 1.807) is 0 Å². The van der Waals surface area contributed by atoms with Crippen molar-refractivity contribution in [1.82, 2.24) is 4.90 Å². The van der Waals surface area contributed by atoms with Crippen LogP contribution in [0, 0.1) is 12.8 Å². The zero-order valence-corrected chi connectivity index (χ0v) is 15.1. The predicted molar refractivity (Wildman–Crippen MR) is 99.6 cm³/mol. The Labute approximate surface area is 145 Å². The van der Waals surface area contributed by atoms with Gasteiger partial charge in [0, 0.05) is 19.1 Å². The molecular weight excluding hydrogens is 296 g/mol. The summed E-state index contributed by atoms with van der Waals surface area (Å²) < 4.78 is 0. The summed E-state index contributed by atoms with van der Waals surface area (Å²) in [5, 5.41) is 0. The lowest BCUT2D eigenvalue weighted by Crippen LogP contribution is -2.42. The highest BCUT2D eigenvalue weighted by molar-refractivity contribution is 5.79. The van der Waals surface area contributed by atoms with Crippen LogP contribution in [0.15, 0.2) is 54.6 Å². The van der Waals surface area contributed by atoms with Gasteiger partial charge in [0.15, 0.2) is 0 Å². The monoisotopic (exact) mass is 324 g/mol. The quantitative estimate of drug-likeness (QED) is 0.880. The molecule has 2 aromatic rings. The van der Waals surface area contributed by atoms with Gasteiger partial charge < -0.3 is 10.6 Å². The zero-order valence-electron chi connectivity index (χ0n) is 15.1. The zero-order chi connectivity index (χ0) is 17.7. The van der Waals surface area contributed by atoms with E-state index in [4.69, 9.17) is 5.73 Å². The van der Waals surface area contributed by atoms with Crippen molar-refractivity contribution in [1.29, 1.82) is 0 Å². The number of amides is 1. The van der Waals surface area contributed by atoms with Crippen LogP contribution in [0.2, 0.25) is 0 Å². The van der Waals surface area contributed by atoms with E-state index < -0.39 is 0 Å². The molecule has 0 fully saturated rings. The number of hydrogen-bond donors (Lipinski definition) is 1. The van der Waals surface area contributed by atoms with Gasteiger partial charge in [0.25, 0.3) is 0 Å². The lowest BCUT2D eigenvalue weighted by molar-refractivity contribution is -0.136. The van der Waals surface area contributed by atoms with E-state index in [0.717, 1.165) is 12.0 Å². The molecular formula is C21H28N2O. The van der Waals surface area contributed by atoms with Crippen molar-refractivity contribution in [2.24, 2.45) is 11.7 Å². The Morgan fingerprint density at radius 1 is 1.04 bits per heavy atom. The number of benzene rings is 2. The summed E-state index contributed by atoms with van der Waals surface area (Å²) in [6.45, 7) is 6.07. The molecule has 0 aliphatic carbocycles. The first-order chi connectivity index (χ1) is 11.4. The Balaban J connectivity index is 2.00. The van der Waals surface area contributed by atoms with E-state index in [9.17, 15) is 4.79 Å². The van der Waals surface area contributed by atoms with Crippen LogP contribution < -0.4 is 5.73 Å². The predicted octanol–water partition coefficient (Wildman–Crippen LogP) is 3.72. The SMILES string of the molecule is Cc1ccc(CC(C)N(C)C(=O)C(C)C(N)c2ccccc2)cc1. The maximum Gasteiger partial charge on any atom is 0.227 e. The number of hydrogen-bond acceptors (Lipinski definition) is 2. The number of carbonyl (C=O) groups is 1. The number of nitrogens with zero attached hydrogens (tertiary/aromatic N) is 1. The molecule has 2 aromatic carbocycles. The van der Waals surface area contributed by atoms with Crippen LogP contribution in [-0.4, -0.2) is 23.9 Å². The highest BCUT2D eigenvalue weighted by Crippen LogP contribution is 2.22. The van der Waals surface area contributed by atoms with Gasteiger partial charge in [-0.2, -0.15) is 0 Å². The molecule has 3 unspecified atom stereocenters. The standard InChI is InChI=1S/C21H28N2O/c1-15-10-12-18(13-11-15)14-16(2)23(4)21(24)17(3)20(22)19-8-6-5-7-9-19/h5-13,16-17,20H,14,22H2,1-4H3. The van der Waals surface area contributed by atoms with Gasteiger partial charge in [-0.1, -0.05) is 67.1 Å². The molecule has 2 rings (SSSR count). The molecule has 0 aliphatic rings. The Hall–Kier alpha value is -2.13. The second kappa shape index (κ2) is 8.11. The number of likely N-dealkylation sites (N-methyl/N-ethyl adjacent to an activating group) is 1. The third-order valence-corrected chi connectivity index (χ3v) is 4.77. The van der Waals surface area contributed by atoms with Crippen molar-refractivity contribution in [3.63, 3.8) is 0 Å². The third kappa shape index (κ3) is 4.45. The minimum atomic E-state index is -0.285. The summed E-state index contributed by atoms with van der Waals surface area (Å²) in [6, 6.07) is 18.1. The van der Waals surface area contributed by atoms with Gasteiger partial charge >= 0.3 is 0 Å². The maximum atomic E-state index is 12.8. The lowest BCUT2D eigenvalue weighted by Gasteiger charge is -2.30. The Morgan fingerprint density at radius 3 is 2.21 bits per heavy atom. The van der Waals surface area contributed by atoms with Crippen molar-refractivity contribution in [3.8, 4) is 0 Å². The fourth-order valence-electron chi connectivity index (χ4n) is 2.86. The average Bonchev–Trinajstić information content (AvgIpc) is 2.61. The Kier molecular flexibility index (Phi) is 6.16. The van der Waals surface area contributed by atoms with Gasteiger partial charge in [0.2, 0.25) is 5.91 Å². The third-order valence-electron chi connectivity index (χ3n) is 4.77. The van der Waals surface area contributed by atoms with Crippen LogP contribution in [0.4, 0.5) is 0 Å². The summed E-state index contributed by atoms with van der Waals surface area (Å²) in [7, 11) is 1.87. The van der Waals surface area contributed by atoms with Crippen LogP contribution in [0.3, 0.4) is 0 Å². The van der Waals surface area contributed by atoms with Gasteiger partial charge in [-0.05, 0) is 31.4 Å². The second-order valence-corrected chi connectivity index (χ2v) is 6.71. The van der Waals surface area contributed by atoms with Gasteiger partial charge in [-0.3, -0.25) is 4.79 Å². The molecule has 0 aromatic heterocycles. The van der Waals surface area contributed by atoms with Gasteiger partial charge in [0.1, 0.15) is 0 Å². The van der Waals surface area contributed by atoms with Crippen LogP contribution >= 0.6 is 0 Å². The first-order valence-corrected chi connectivity index (χ1v) is 8.53. The summed E-state index contributed by atoms with van der Waals surface area (Å²) in [4.78, 5) is 14.6. The summed E-state index contributed by atoms with van der Waals surface area (Å²) in [5.41, 5.74) is 9.79. The average molecular weight is 324 g/mol. The van der Waals surface area contributed by atoms with Crippen molar-refractivity contribution in [2.75, 3.05) is 7.05 Å². The fraction of sp³-hybridized carbons (Fsp3) is 0.381. The molecule has 128 valence electrons. The highest BCUT2D eigenvalue weighted by Gasteiger charge is 2.27. The van der Waals surface area contributed by atoms with Gasteiger partial charge in [0.05, 0.1) is 5.92 Å². The fourth-order valence-corrected chi connectivity index (χ4v) is 2.86. The van der Waals surface area contributed by atoms with Crippen LogP contribution in [0.1, 0.15) is 36.6 Å². The van der Waals surface area contributed by atoms with E-state index in [-0.39, 0.29) is 23.9 Å². The van der Waals surface area contributed by atoms with Crippen molar-refractivity contribution in [3.05, 3.63) is 71.3 Å². The molecule has 3 nitrogen and oxygen atoms in total. The summed E-state index contributed by atoms with van der Waals surface area (Å²) in [6.07, 6.45) is 0.843. The molecule has 24 heavy (non-hydrogen) atoms. The van der Waals surface area contributed by atoms with Crippen LogP contribution in [0.5, 0.6) is 0 Å². The molecule has 0 spiro atoms. The molecule has 3 heteroatoms. The van der Waals surface area contributed by atoms with E-state index >= 15 is 0 Å². The topological polar surface area (TPSA) is 46.3 Å². The van der Waals surface area contributed by atoms with E-state index in [2.05, 4.69) is 38.1 Å². The normalized spacial score (nSPS) is 14.7. The smallest absolute Gasteiger partial charge is 0.227 e. The first-order valence-electron chi connectivity index (χ1n) is 8.53. The minimum Gasteiger partial charge on any atom is -0.342 e. The molecule has 0 saturated carbocycles. The van der Waals surface area contributed by atoms with Crippen molar-refractivity contribution >= 4 is 5.91 Å². The lowest BCUT2D eigenvalue weighted by atomic mass is 9.93. The molecule has 0 heterocycles. The maximum absolute atomic E-state index is 12.8. The summed E-state index contributed by atoms with van der Waals surface area (Å²) in [5.74, 6) is -0.163. The number of rotatable bonds is 6. The Bertz CT molecular complexity index is 651.